The van der Waals surface area contributed by atoms with Gasteiger partial charge >= 0.3 is 0 Å². The molecule has 294 valence electrons. The van der Waals surface area contributed by atoms with Crippen molar-refractivity contribution < 1.29 is 0 Å². The Hall–Kier alpha value is -8.26. The molecule has 1 nitrogen and oxygen atoms in total. The van der Waals surface area contributed by atoms with Gasteiger partial charge in [-0.25, -0.2) is 0 Å². The fraction of sp³-hybridized carbons (Fsp3) is 0. The molecule has 0 N–H and O–H groups in total. The SMILES string of the molecule is c1ccc(-c2ccc(N(c3cccc(-c4ccc5c(c4)c(-c4ccccc4)c(-c4ccccc4)c4ccccc45)c3)c3cccc4c3ccc3ccccc34)c3ccccc23)cc1. The highest BCUT2D eigenvalue weighted by atomic mass is 15.1. The molecule has 12 rings (SSSR count). The molecule has 0 aliphatic rings. The highest BCUT2D eigenvalue weighted by Crippen LogP contribution is 2.48. The van der Waals surface area contributed by atoms with E-state index >= 15 is 0 Å². The van der Waals surface area contributed by atoms with Crippen molar-refractivity contribution in [3.05, 3.63) is 249 Å². The Labute approximate surface area is 367 Å². The molecule has 12 aromatic rings. The Kier molecular flexibility index (Phi) is 8.90. The van der Waals surface area contributed by atoms with Crippen LogP contribution < -0.4 is 4.90 Å². The topological polar surface area (TPSA) is 3.24 Å². The zero-order chi connectivity index (χ0) is 41.7. The molecule has 0 spiro atoms. The van der Waals surface area contributed by atoms with Gasteiger partial charge in [0.05, 0.1) is 11.4 Å². The summed E-state index contributed by atoms with van der Waals surface area (Å²) in [6, 6.07) is 91.1. The van der Waals surface area contributed by atoms with E-state index in [4.69, 9.17) is 0 Å². The summed E-state index contributed by atoms with van der Waals surface area (Å²) < 4.78 is 0. The van der Waals surface area contributed by atoms with Crippen molar-refractivity contribution in [3.63, 3.8) is 0 Å². The first-order valence-electron chi connectivity index (χ1n) is 21.8. The molecule has 63 heavy (non-hydrogen) atoms. The lowest BCUT2D eigenvalue weighted by Gasteiger charge is -2.29. The molecule has 0 saturated heterocycles. The number of rotatable bonds is 7. The summed E-state index contributed by atoms with van der Waals surface area (Å²) >= 11 is 0. The predicted molar refractivity (Wildman–Crippen MR) is 270 cm³/mol. The van der Waals surface area contributed by atoms with Gasteiger partial charge in [0, 0.05) is 16.5 Å². The lowest BCUT2D eigenvalue weighted by Crippen LogP contribution is -2.11. The number of hydrogen-bond donors (Lipinski definition) is 0. The van der Waals surface area contributed by atoms with Crippen LogP contribution in [0, 0.1) is 0 Å². The van der Waals surface area contributed by atoms with Gasteiger partial charge in [-0.3, -0.25) is 0 Å². The Bertz CT molecular complexity index is 3670. The third-order valence-corrected chi connectivity index (χ3v) is 12.8. The van der Waals surface area contributed by atoms with Crippen molar-refractivity contribution in [2.24, 2.45) is 0 Å². The van der Waals surface area contributed by atoms with Crippen molar-refractivity contribution in [3.8, 4) is 44.5 Å². The Morgan fingerprint density at radius 3 is 1.44 bits per heavy atom. The molecular formula is C62H41N. The molecular weight excluding hydrogens is 759 g/mol. The highest BCUT2D eigenvalue weighted by Gasteiger charge is 2.22. The Morgan fingerprint density at radius 2 is 0.698 bits per heavy atom. The maximum atomic E-state index is 2.48. The quantitative estimate of drug-likeness (QED) is 0.145. The van der Waals surface area contributed by atoms with Crippen LogP contribution in [0.4, 0.5) is 17.1 Å². The van der Waals surface area contributed by atoms with Crippen LogP contribution in [0.15, 0.2) is 249 Å². The van der Waals surface area contributed by atoms with E-state index < -0.39 is 0 Å². The fourth-order valence-corrected chi connectivity index (χ4v) is 9.98. The summed E-state index contributed by atoms with van der Waals surface area (Å²) in [5, 5.41) is 12.3. The molecule has 1 heteroatoms. The van der Waals surface area contributed by atoms with Gasteiger partial charge in [-0.05, 0) is 118 Å². The monoisotopic (exact) mass is 799 g/mol. The number of benzene rings is 12. The van der Waals surface area contributed by atoms with E-state index in [-0.39, 0.29) is 0 Å². The van der Waals surface area contributed by atoms with Gasteiger partial charge in [0.1, 0.15) is 0 Å². The summed E-state index contributed by atoms with van der Waals surface area (Å²) in [4.78, 5) is 2.48. The van der Waals surface area contributed by atoms with Gasteiger partial charge in [0.15, 0.2) is 0 Å². The first-order valence-corrected chi connectivity index (χ1v) is 21.8. The molecule has 0 aliphatic carbocycles. The molecule has 0 heterocycles. The maximum absolute atomic E-state index is 2.48. The number of anilines is 3. The van der Waals surface area contributed by atoms with Crippen molar-refractivity contribution in [2.75, 3.05) is 4.90 Å². The van der Waals surface area contributed by atoms with E-state index in [0.29, 0.717) is 0 Å². The zero-order valence-corrected chi connectivity index (χ0v) is 34.6. The molecule has 0 bridgehead atoms. The van der Waals surface area contributed by atoms with Crippen LogP contribution in [0.2, 0.25) is 0 Å². The second kappa shape index (κ2) is 15.3. The van der Waals surface area contributed by atoms with Gasteiger partial charge in [0.25, 0.3) is 0 Å². The standard InChI is InChI=1S/C62H41N/c1-4-18-42(19-5-1)50-38-39-60(55-30-14-12-28-51(50)55)63(59-33-17-32-52-49-27-11-10-20-43(49)34-37-56(52)59)48-26-16-25-46(40-48)47-35-36-54-53-29-13-15-31-57(53)61(44-21-6-2-7-22-44)62(58(54)41-47)45-23-8-3-9-24-45/h1-41H. The molecule has 0 unspecified atom stereocenters. The summed E-state index contributed by atoms with van der Waals surface area (Å²) in [6.07, 6.45) is 0. The first-order chi connectivity index (χ1) is 31.3. The number of hydrogen-bond acceptors (Lipinski definition) is 1. The fourth-order valence-electron chi connectivity index (χ4n) is 9.98. The van der Waals surface area contributed by atoms with E-state index in [1.54, 1.807) is 0 Å². The second-order valence-electron chi connectivity index (χ2n) is 16.4. The first kappa shape index (κ1) is 36.6. The average Bonchev–Trinajstić information content (AvgIpc) is 3.36. The number of fused-ring (bicyclic) bond motifs is 7. The average molecular weight is 800 g/mol. The Morgan fingerprint density at radius 1 is 0.222 bits per heavy atom. The van der Waals surface area contributed by atoms with Gasteiger partial charge < -0.3 is 4.90 Å². The minimum atomic E-state index is 1.10. The minimum Gasteiger partial charge on any atom is -0.309 e. The van der Waals surface area contributed by atoms with E-state index in [9.17, 15) is 0 Å². The van der Waals surface area contributed by atoms with E-state index in [0.717, 1.165) is 22.6 Å². The summed E-state index contributed by atoms with van der Waals surface area (Å²) in [5.41, 5.74) is 13.1. The number of nitrogens with zero attached hydrogens (tertiary/aromatic N) is 1. The van der Waals surface area contributed by atoms with Crippen LogP contribution in [-0.4, -0.2) is 0 Å². The molecule has 0 fully saturated rings. The van der Waals surface area contributed by atoms with Crippen molar-refractivity contribution in [2.45, 2.75) is 0 Å². The Balaban J connectivity index is 1.11. The van der Waals surface area contributed by atoms with Gasteiger partial charge in [0.2, 0.25) is 0 Å². The highest BCUT2D eigenvalue weighted by molar-refractivity contribution is 6.22. The van der Waals surface area contributed by atoms with Gasteiger partial charge in [-0.1, -0.05) is 218 Å². The summed E-state index contributed by atoms with van der Waals surface area (Å²) in [6.45, 7) is 0. The second-order valence-corrected chi connectivity index (χ2v) is 16.4. The normalized spacial score (nSPS) is 11.5. The molecule has 0 amide bonds. The summed E-state index contributed by atoms with van der Waals surface area (Å²) in [5.74, 6) is 0. The van der Waals surface area contributed by atoms with E-state index in [1.807, 2.05) is 0 Å². The predicted octanol–water partition coefficient (Wildman–Crippen LogP) is 17.6. The molecule has 0 aromatic heterocycles. The molecule has 0 radical (unpaired) electrons. The van der Waals surface area contributed by atoms with Crippen LogP contribution in [-0.2, 0) is 0 Å². The van der Waals surface area contributed by atoms with Crippen LogP contribution in [0.3, 0.4) is 0 Å². The van der Waals surface area contributed by atoms with Gasteiger partial charge in [-0.15, -0.1) is 0 Å². The van der Waals surface area contributed by atoms with Crippen LogP contribution >= 0.6 is 0 Å². The lowest BCUT2D eigenvalue weighted by molar-refractivity contribution is 1.31. The third kappa shape index (κ3) is 6.25. The third-order valence-electron chi connectivity index (χ3n) is 12.8. The molecule has 0 aliphatic heterocycles. The van der Waals surface area contributed by atoms with E-state index in [2.05, 4.69) is 254 Å². The maximum Gasteiger partial charge on any atom is 0.0540 e. The largest absolute Gasteiger partial charge is 0.309 e. The minimum absolute atomic E-state index is 1.10. The summed E-state index contributed by atoms with van der Waals surface area (Å²) in [7, 11) is 0. The van der Waals surface area contributed by atoms with Gasteiger partial charge in [-0.2, -0.15) is 0 Å². The van der Waals surface area contributed by atoms with Crippen LogP contribution in [0.5, 0.6) is 0 Å². The van der Waals surface area contributed by atoms with Crippen LogP contribution in [0.1, 0.15) is 0 Å². The van der Waals surface area contributed by atoms with Crippen molar-refractivity contribution in [1.29, 1.82) is 0 Å². The van der Waals surface area contributed by atoms with Crippen LogP contribution in [0.25, 0.3) is 98.4 Å². The van der Waals surface area contributed by atoms with Crippen molar-refractivity contribution in [1.82, 2.24) is 0 Å². The molecule has 0 atom stereocenters. The molecule has 12 aromatic carbocycles. The lowest BCUT2D eigenvalue weighted by atomic mass is 9.84. The van der Waals surface area contributed by atoms with E-state index in [1.165, 1.54) is 92.8 Å². The zero-order valence-electron chi connectivity index (χ0n) is 34.6. The molecule has 0 saturated carbocycles. The smallest absolute Gasteiger partial charge is 0.0540 e. The van der Waals surface area contributed by atoms with Crippen molar-refractivity contribution >= 4 is 70.9 Å².